The summed E-state index contributed by atoms with van der Waals surface area (Å²) in [4.78, 5) is 14.3. The molecule has 0 aromatic heterocycles. The van der Waals surface area contributed by atoms with E-state index < -0.39 is 0 Å². The number of hydrogen-bond donors (Lipinski definition) is 0. The topological polar surface area (TPSA) is 20.3 Å². The molecule has 0 fully saturated rings. The maximum absolute atomic E-state index is 12.3. The summed E-state index contributed by atoms with van der Waals surface area (Å²) in [7, 11) is 3.97. The number of benzene rings is 1. The van der Waals surface area contributed by atoms with E-state index in [-0.39, 0.29) is 5.78 Å². The van der Waals surface area contributed by atoms with Gasteiger partial charge in [0, 0.05) is 31.4 Å². The molecule has 0 amide bonds. The van der Waals surface area contributed by atoms with Crippen LogP contribution in [0.4, 0.5) is 0 Å². The van der Waals surface area contributed by atoms with Gasteiger partial charge in [-0.1, -0.05) is 30.3 Å². The smallest absolute Gasteiger partial charge is 0.189 e. The predicted molar refractivity (Wildman–Crippen MR) is 74.6 cm³/mol. The fourth-order valence-corrected chi connectivity index (χ4v) is 2.37. The van der Waals surface area contributed by atoms with Crippen LogP contribution in [0.15, 0.2) is 47.7 Å². The fourth-order valence-electron chi connectivity index (χ4n) is 2.37. The third-order valence-electron chi connectivity index (χ3n) is 3.08. The first-order valence-electron chi connectivity index (χ1n) is 6.26. The van der Waals surface area contributed by atoms with Crippen LogP contribution in [0.1, 0.15) is 29.3 Å². The Morgan fingerprint density at radius 3 is 2.67 bits per heavy atom. The van der Waals surface area contributed by atoms with E-state index in [9.17, 15) is 4.79 Å². The molecule has 2 rings (SSSR count). The summed E-state index contributed by atoms with van der Waals surface area (Å²) in [6.07, 6.45) is 5.84. The van der Waals surface area contributed by atoms with E-state index in [0.717, 1.165) is 29.6 Å². The number of fused-ring (bicyclic) bond motifs is 1. The first-order valence-corrected chi connectivity index (χ1v) is 6.26. The second-order valence-electron chi connectivity index (χ2n) is 4.99. The van der Waals surface area contributed by atoms with Crippen molar-refractivity contribution in [3.8, 4) is 0 Å². The number of nitrogens with zero attached hydrogens (tertiary/aromatic N) is 1. The largest absolute Gasteiger partial charge is 0.383 e. The Labute approximate surface area is 109 Å². The van der Waals surface area contributed by atoms with Gasteiger partial charge in [0.15, 0.2) is 5.78 Å². The Balaban J connectivity index is 2.30. The van der Waals surface area contributed by atoms with Gasteiger partial charge in [0.1, 0.15) is 0 Å². The molecule has 0 spiro atoms. The Bertz CT molecular complexity index is 524. The lowest BCUT2D eigenvalue weighted by Crippen LogP contribution is -2.14. The minimum Gasteiger partial charge on any atom is -0.383 e. The summed E-state index contributed by atoms with van der Waals surface area (Å²) in [5.41, 5.74) is 4.08. The molecule has 0 unspecified atom stereocenters. The van der Waals surface area contributed by atoms with Gasteiger partial charge in [-0.3, -0.25) is 4.79 Å². The van der Waals surface area contributed by atoms with Crippen LogP contribution in [0.25, 0.3) is 0 Å². The zero-order valence-corrected chi connectivity index (χ0v) is 11.2. The van der Waals surface area contributed by atoms with Gasteiger partial charge in [0.05, 0.1) is 0 Å². The van der Waals surface area contributed by atoms with Gasteiger partial charge in [0.25, 0.3) is 0 Å². The van der Waals surface area contributed by atoms with Crippen molar-refractivity contribution < 1.29 is 4.79 Å². The molecule has 1 aromatic rings. The molecule has 1 aromatic carbocycles. The summed E-state index contributed by atoms with van der Waals surface area (Å²) < 4.78 is 0. The summed E-state index contributed by atoms with van der Waals surface area (Å²) in [5, 5.41) is 0. The number of allylic oxidation sites excluding steroid dienone is 3. The third kappa shape index (κ3) is 2.70. The molecule has 0 saturated heterocycles. The molecular formula is C16H19NO. The van der Waals surface area contributed by atoms with Crippen molar-refractivity contribution in [1.29, 1.82) is 0 Å². The van der Waals surface area contributed by atoms with E-state index >= 15 is 0 Å². The van der Waals surface area contributed by atoms with E-state index in [1.54, 1.807) is 0 Å². The normalized spacial score (nSPS) is 17.8. The SMILES string of the molecule is CC(=C\N(C)C)/C=C1\CCc2ccccc2C1=O. The molecule has 0 aliphatic heterocycles. The minimum atomic E-state index is 0.184. The molecule has 1 aliphatic rings. The second kappa shape index (κ2) is 5.21. The maximum atomic E-state index is 12.3. The summed E-state index contributed by atoms with van der Waals surface area (Å²) in [6.45, 7) is 2.03. The Kier molecular flexibility index (Phi) is 3.66. The van der Waals surface area contributed by atoms with Crippen molar-refractivity contribution in [3.63, 3.8) is 0 Å². The lowest BCUT2D eigenvalue weighted by atomic mass is 9.86. The highest BCUT2D eigenvalue weighted by molar-refractivity contribution is 6.10. The molecule has 0 atom stereocenters. The second-order valence-corrected chi connectivity index (χ2v) is 4.99. The summed E-state index contributed by atoms with van der Waals surface area (Å²) in [6, 6.07) is 7.91. The Morgan fingerprint density at radius 2 is 1.94 bits per heavy atom. The van der Waals surface area contributed by atoms with Gasteiger partial charge >= 0.3 is 0 Å². The molecular weight excluding hydrogens is 222 g/mol. The van der Waals surface area contributed by atoms with E-state index in [2.05, 4.69) is 0 Å². The third-order valence-corrected chi connectivity index (χ3v) is 3.08. The van der Waals surface area contributed by atoms with Crippen LogP contribution in [0.3, 0.4) is 0 Å². The number of rotatable bonds is 2. The van der Waals surface area contributed by atoms with Gasteiger partial charge < -0.3 is 4.90 Å². The van der Waals surface area contributed by atoms with E-state index in [4.69, 9.17) is 0 Å². The summed E-state index contributed by atoms with van der Waals surface area (Å²) in [5.74, 6) is 0.184. The molecule has 0 heterocycles. The first kappa shape index (κ1) is 12.6. The van der Waals surface area contributed by atoms with Crippen molar-refractivity contribution in [2.45, 2.75) is 19.8 Å². The lowest BCUT2D eigenvalue weighted by molar-refractivity contribution is 0.102. The van der Waals surface area contributed by atoms with Gasteiger partial charge in [-0.15, -0.1) is 0 Å². The number of hydrogen-bond acceptors (Lipinski definition) is 2. The van der Waals surface area contributed by atoms with Crippen LogP contribution >= 0.6 is 0 Å². The molecule has 0 bridgehead atoms. The highest BCUT2D eigenvalue weighted by Gasteiger charge is 2.20. The quantitative estimate of drug-likeness (QED) is 0.741. The monoisotopic (exact) mass is 241 g/mol. The van der Waals surface area contributed by atoms with Crippen molar-refractivity contribution in [2.24, 2.45) is 0 Å². The molecule has 2 heteroatoms. The number of aryl methyl sites for hydroxylation is 1. The minimum absolute atomic E-state index is 0.184. The van der Waals surface area contributed by atoms with Gasteiger partial charge in [-0.05, 0) is 30.9 Å². The van der Waals surface area contributed by atoms with Crippen molar-refractivity contribution in [3.05, 3.63) is 58.8 Å². The van der Waals surface area contributed by atoms with Crippen LogP contribution in [-0.4, -0.2) is 24.8 Å². The number of ketones is 1. The number of carbonyl (C=O) groups is 1. The number of Topliss-reactive ketones (excluding diaryl/α,β-unsaturated/α-hetero) is 1. The summed E-state index contributed by atoms with van der Waals surface area (Å²) >= 11 is 0. The highest BCUT2D eigenvalue weighted by atomic mass is 16.1. The van der Waals surface area contributed by atoms with Crippen LogP contribution in [0, 0.1) is 0 Å². The molecule has 94 valence electrons. The average molecular weight is 241 g/mol. The zero-order chi connectivity index (χ0) is 13.1. The van der Waals surface area contributed by atoms with Crippen LogP contribution < -0.4 is 0 Å². The van der Waals surface area contributed by atoms with Crippen molar-refractivity contribution in [2.75, 3.05) is 14.1 Å². The standard InChI is InChI=1S/C16H19NO/c1-12(11-17(2)3)10-14-9-8-13-6-4-5-7-15(13)16(14)18/h4-7,10-11H,8-9H2,1-3H3/b12-11+,14-10+. The average Bonchev–Trinajstić information content (AvgIpc) is 2.32. The van der Waals surface area contributed by atoms with E-state index in [1.165, 1.54) is 5.56 Å². The maximum Gasteiger partial charge on any atom is 0.189 e. The van der Waals surface area contributed by atoms with Crippen LogP contribution in [0.5, 0.6) is 0 Å². The van der Waals surface area contributed by atoms with E-state index in [0.29, 0.717) is 0 Å². The molecule has 2 nitrogen and oxygen atoms in total. The molecule has 18 heavy (non-hydrogen) atoms. The molecule has 1 aliphatic carbocycles. The Hall–Kier alpha value is -1.83. The molecule has 0 radical (unpaired) electrons. The highest BCUT2D eigenvalue weighted by Crippen LogP contribution is 2.25. The first-order chi connectivity index (χ1) is 8.58. The van der Waals surface area contributed by atoms with Gasteiger partial charge in [-0.25, -0.2) is 0 Å². The van der Waals surface area contributed by atoms with Crippen LogP contribution in [0.2, 0.25) is 0 Å². The zero-order valence-electron chi connectivity index (χ0n) is 11.2. The van der Waals surface area contributed by atoms with Crippen molar-refractivity contribution >= 4 is 5.78 Å². The van der Waals surface area contributed by atoms with Gasteiger partial charge in [-0.2, -0.15) is 0 Å². The fraction of sp³-hybridized carbons (Fsp3) is 0.312. The van der Waals surface area contributed by atoms with Gasteiger partial charge in [0.2, 0.25) is 0 Å². The van der Waals surface area contributed by atoms with Crippen LogP contribution in [-0.2, 0) is 6.42 Å². The number of carbonyl (C=O) groups excluding carboxylic acids is 1. The molecule has 0 saturated carbocycles. The lowest BCUT2D eigenvalue weighted by Gasteiger charge is -2.17. The van der Waals surface area contributed by atoms with Crippen molar-refractivity contribution in [1.82, 2.24) is 4.90 Å². The van der Waals surface area contributed by atoms with E-state index in [1.807, 2.05) is 62.5 Å². The molecule has 0 N–H and O–H groups in total. The predicted octanol–water partition coefficient (Wildman–Crippen LogP) is 3.21. The Morgan fingerprint density at radius 1 is 1.22 bits per heavy atom.